The minimum Gasteiger partial charge on any atom is -0.344 e. The molecule has 26 heavy (non-hydrogen) atoms. The predicted octanol–water partition coefficient (Wildman–Crippen LogP) is 2.89. The summed E-state index contributed by atoms with van der Waals surface area (Å²) in [6.07, 6.45) is 6.82. The molecule has 0 aliphatic carbocycles. The molecule has 2 aromatic heterocycles. The highest BCUT2D eigenvalue weighted by molar-refractivity contribution is 7.90. The zero-order valence-corrected chi connectivity index (χ0v) is 15.9. The Bertz CT molecular complexity index is 1060. The lowest BCUT2D eigenvalue weighted by Crippen LogP contribution is -2.28. The maximum absolute atomic E-state index is 12.0. The minimum absolute atomic E-state index is 0.218. The molecule has 3 aromatic rings. The van der Waals surface area contributed by atoms with E-state index in [2.05, 4.69) is 27.9 Å². The SMILES string of the molecule is CC1NCCc2c1c1cc(S(C)(=O)=O)ccc1n2CCc1cccnc1. The average Bonchev–Trinajstić information content (AvgIpc) is 2.94. The van der Waals surface area contributed by atoms with Crippen molar-refractivity contribution in [2.75, 3.05) is 12.8 Å². The van der Waals surface area contributed by atoms with Gasteiger partial charge in [0.2, 0.25) is 0 Å². The highest BCUT2D eigenvalue weighted by Gasteiger charge is 2.25. The van der Waals surface area contributed by atoms with Gasteiger partial charge in [0.15, 0.2) is 9.84 Å². The van der Waals surface area contributed by atoms with Crippen LogP contribution in [-0.2, 0) is 29.2 Å². The molecule has 0 fully saturated rings. The Morgan fingerprint density at radius 2 is 2.15 bits per heavy atom. The van der Waals surface area contributed by atoms with Gasteiger partial charge >= 0.3 is 0 Å². The van der Waals surface area contributed by atoms with Crippen LogP contribution in [-0.4, -0.2) is 30.8 Å². The molecule has 5 nitrogen and oxygen atoms in total. The Morgan fingerprint density at radius 1 is 1.31 bits per heavy atom. The number of hydrogen-bond acceptors (Lipinski definition) is 4. The van der Waals surface area contributed by atoms with Crippen molar-refractivity contribution in [2.24, 2.45) is 0 Å². The molecule has 0 amide bonds. The molecular weight excluding hydrogens is 346 g/mol. The van der Waals surface area contributed by atoms with Crippen molar-refractivity contribution in [1.82, 2.24) is 14.9 Å². The van der Waals surface area contributed by atoms with Gasteiger partial charge in [-0.2, -0.15) is 0 Å². The summed E-state index contributed by atoms with van der Waals surface area (Å²) in [5.74, 6) is 0. The third-order valence-corrected chi connectivity index (χ3v) is 6.32. The van der Waals surface area contributed by atoms with Crippen molar-refractivity contribution < 1.29 is 8.42 Å². The number of pyridine rings is 1. The van der Waals surface area contributed by atoms with Crippen molar-refractivity contribution in [1.29, 1.82) is 0 Å². The average molecular weight is 369 g/mol. The van der Waals surface area contributed by atoms with E-state index in [1.54, 1.807) is 12.3 Å². The van der Waals surface area contributed by atoms with Crippen LogP contribution < -0.4 is 5.32 Å². The van der Waals surface area contributed by atoms with E-state index in [1.807, 2.05) is 24.4 Å². The summed E-state index contributed by atoms with van der Waals surface area (Å²) in [5.41, 5.74) is 4.88. The summed E-state index contributed by atoms with van der Waals surface area (Å²) < 4.78 is 26.4. The summed E-state index contributed by atoms with van der Waals surface area (Å²) in [7, 11) is -3.22. The number of fused-ring (bicyclic) bond motifs is 3. The fraction of sp³-hybridized carbons (Fsp3) is 0.350. The standard InChI is InChI=1S/C20H23N3O2S/c1-14-20-17-12-16(26(2,24)25)5-6-18(17)23(19(20)7-10-22-14)11-8-15-4-3-9-21-13-15/h3-6,9,12-14,22H,7-8,10-11H2,1-2H3. The van der Waals surface area contributed by atoms with Crippen LogP contribution in [0, 0.1) is 0 Å². The highest BCUT2D eigenvalue weighted by atomic mass is 32.2. The maximum Gasteiger partial charge on any atom is 0.175 e. The van der Waals surface area contributed by atoms with Gasteiger partial charge in [0.25, 0.3) is 0 Å². The third kappa shape index (κ3) is 3.04. The van der Waals surface area contributed by atoms with Crippen molar-refractivity contribution in [3.63, 3.8) is 0 Å². The summed E-state index contributed by atoms with van der Waals surface area (Å²) in [5, 5.41) is 4.55. The quantitative estimate of drug-likeness (QED) is 0.768. The number of hydrogen-bond donors (Lipinski definition) is 1. The molecule has 3 heterocycles. The van der Waals surface area contributed by atoms with Gasteiger partial charge in [0.05, 0.1) is 4.90 Å². The molecular formula is C20H23N3O2S. The molecule has 1 atom stereocenters. The van der Waals surface area contributed by atoms with Crippen LogP contribution in [0.5, 0.6) is 0 Å². The lowest BCUT2D eigenvalue weighted by atomic mass is 9.99. The lowest BCUT2D eigenvalue weighted by Gasteiger charge is -2.23. The van der Waals surface area contributed by atoms with Crippen LogP contribution in [0.15, 0.2) is 47.6 Å². The minimum atomic E-state index is -3.22. The van der Waals surface area contributed by atoms with Crippen molar-refractivity contribution in [3.8, 4) is 0 Å². The van der Waals surface area contributed by atoms with Crippen LogP contribution in [0.3, 0.4) is 0 Å². The Morgan fingerprint density at radius 3 is 2.88 bits per heavy atom. The van der Waals surface area contributed by atoms with Crippen molar-refractivity contribution in [3.05, 3.63) is 59.5 Å². The predicted molar refractivity (Wildman–Crippen MR) is 103 cm³/mol. The molecule has 1 N–H and O–H groups in total. The second-order valence-electron chi connectivity index (χ2n) is 7.00. The molecule has 1 aromatic carbocycles. The Kier molecular flexibility index (Phi) is 4.32. The molecule has 0 bridgehead atoms. The molecule has 0 saturated carbocycles. The normalized spacial score (nSPS) is 17.4. The smallest absolute Gasteiger partial charge is 0.175 e. The zero-order valence-electron chi connectivity index (χ0n) is 15.1. The highest BCUT2D eigenvalue weighted by Crippen LogP contribution is 2.35. The van der Waals surface area contributed by atoms with Gasteiger partial charge in [0, 0.05) is 60.8 Å². The summed E-state index contributed by atoms with van der Waals surface area (Å²) in [4.78, 5) is 4.58. The zero-order chi connectivity index (χ0) is 18.3. The van der Waals surface area contributed by atoms with E-state index in [0.29, 0.717) is 4.90 Å². The number of aromatic nitrogens is 2. The van der Waals surface area contributed by atoms with Gasteiger partial charge in [-0.05, 0) is 48.7 Å². The van der Waals surface area contributed by atoms with Gasteiger partial charge in [-0.15, -0.1) is 0 Å². The van der Waals surface area contributed by atoms with Crippen LogP contribution >= 0.6 is 0 Å². The van der Waals surface area contributed by atoms with Gasteiger partial charge in [-0.25, -0.2) is 8.42 Å². The second kappa shape index (κ2) is 6.52. The Balaban J connectivity index is 1.84. The van der Waals surface area contributed by atoms with Crippen molar-refractivity contribution >= 4 is 20.7 Å². The fourth-order valence-corrected chi connectivity index (χ4v) is 4.59. The fourth-order valence-electron chi connectivity index (χ4n) is 3.95. The molecule has 136 valence electrons. The largest absolute Gasteiger partial charge is 0.344 e. The molecule has 0 spiro atoms. The van der Waals surface area contributed by atoms with Crippen LogP contribution in [0.4, 0.5) is 0 Å². The number of rotatable bonds is 4. The third-order valence-electron chi connectivity index (χ3n) is 5.21. The van der Waals surface area contributed by atoms with Gasteiger partial charge in [-0.3, -0.25) is 4.98 Å². The second-order valence-corrected chi connectivity index (χ2v) is 9.02. The first-order valence-electron chi connectivity index (χ1n) is 8.92. The van der Waals surface area contributed by atoms with Crippen molar-refractivity contribution in [2.45, 2.75) is 37.2 Å². The molecule has 1 unspecified atom stereocenters. The van der Waals surface area contributed by atoms with E-state index in [-0.39, 0.29) is 6.04 Å². The van der Waals surface area contributed by atoms with Gasteiger partial charge in [0.1, 0.15) is 0 Å². The van der Waals surface area contributed by atoms with E-state index in [0.717, 1.165) is 36.8 Å². The topological polar surface area (TPSA) is 64.0 Å². The van der Waals surface area contributed by atoms with E-state index >= 15 is 0 Å². The van der Waals surface area contributed by atoms with Gasteiger partial charge in [-0.1, -0.05) is 6.07 Å². The lowest BCUT2D eigenvalue weighted by molar-refractivity contribution is 0.521. The van der Waals surface area contributed by atoms with Crippen LogP contribution in [0.2, 0.25) is 0 Å². The number of aryl methyl sites for hydroxylation is 2. The Hall–Kier alpha value is -2.18. The Labute approximate surface area is 154 Å². The monoisotopic (exact) mass is 369 g/mol. The number of nitrogens with one attached hydrogen (secondary N) is 1. The number of sulfone groups is 1. The first-order valence-corrected chi connectivity index (χ1v) is 10.8. The molecule has 1 aliphatic heterocycles. The first-order chi connectivity index (χ1) is 12.4. The number of benzene rings is 1. The molecule has 6 heteroatoms. The maximum atomic E-state index is 12.0. The van der Waals surface area contributed by atoms with Crippen LogP contribution in [0.1, 0.15) is 29.8 Å². The summed E-state index contributed by atoms with van der Waals surface area (Å²) in [6, 6.07) is 9.80. The number of nitrogens with zero attached hydrogens (tertiary/aromatic N) is 2. The van der Waals surface area contributed by atoms with E-state index in [1.165, 1.54) is 23.1 Å². The molecule has 0 radical (unpaired) electrons. The molecule has 4 rings (SSSR count). The van der Waals surface area contributed by atoms with Gasteiger partial charge < -0.3 is 9.88 Å². The van der Waals surface area contributed by atoms with Crippen LogP contribution in [0.25, 0.3) is 10.9 Å². The van der Waals surface area contributed by atoms with E-state index in [4.69, 9.17) is 0 Å². The summed E-state index contributed by atoms with van der Waals surface area (Å²) >= 11 is 0. The van der Waals surface area contributed by atoms with E-state index in [9.17, 15) is 8.42 Å². The molecule has 0 saturated heterocycles. The molecule has 1 aliphatic rings. The van der Waals surface area contributed by atoms with E-state index < -0.39 is 9.84 Å². The summed E-state index contributed by atoms with van der Waals surface area (Å²) in [6.45, 7) is 3.95. The first kappa shape index (κ1) is 17.2.